The molecule has 0 atom stereocenters. The predicted molar refractivity (Wildman–Crippen MR) is 107 cm³/mol. The van der Waals surface area contributed by atoms with Crippen LogP contribution in [0.1, 0.15) is 30.7 Å². The van der Waals surface area contributed by atoms with Crippen LogP contribution in [0.25, 0.3) is 11.3 Å². The van der Waals surface area contributed by atoms with Crippen molar-refractivity contribution in [3.8, 4) is 17.1 Å². The summed E-state index contributed by atoms with van der Waals surface area (Å²) in [5, 5.41) is 0. The molecule has 0 saturated heterocycles. The molecule has 1 aromatic heterocycles. The number of oxazole rings is 1. The lowest BCUT2D eigenvalue weighted by molar-refractivity contribution is -0.132. The van der Waals surface area contributed by atoms with Crippen molar-refractivity contribution in [3.63, 3.8) is 0 Å². The smallest absolute Gasteiger partial charge is 0.223 e. The number of carbonyl (C=O) groups excluding carboxylic acids is 1. The Hall–Kier alpha value is -3.08. The Bertz CT molecular complexity index is 915. The van der Waals surface area contributed by atoms with Crippen LogP contribution in [0.3, 0.4) is 0 Å². The monoisotopic (exact) mass is 376 g/mol. The van der Waals surface area contributed by atoms with Crippen LogP contribution in [-0.2, 0) is 17.8 Å². The lowest BCUT2D eigenvalue weighted by atomic mass is 10.2. The Morgan fingerprint density at radius 2 is 1.89 bits per heavy atom. The van der Waals surface area contributed by atoms with Gasteiger partial charge in [-0.25, -0.2) is 4.98 Å². The van der Waals surface area contributed by atoms with Crippen molar-refractivity contribution in [2.75, 3.05) is 7.11 Å². The fourth-order valence-electron chi connectivity index (χ4n) is 3.25. The minimum absolute atomic E-state index is 0.151. The Morgan fingerprint density at radius 1 is 1.14 bits per heavy atom. The maximum atomic E-state index is 12.8. The van der Waals surface area contributed by atoms with E-state index >= 15 is 0 Å². The van der Waals surface area contributed by atoms with Crippen molar-refractivity contribution < 1.29 is 13.9 Å². The van der Waals surface area contributed by atoms with Crippen LogP contribution >= 0.6 is 0 Å². The average molecular weight is 376 g/mol. The van der Waals surface area contributed by atoms with E-state index in [1.165, 1.54) is 0 Å². The highest BCUT2D eigenvalue weighted by Gasteiger charge is 2.32. The van der Waals surface area contributed by atoms with Gasteiger partial charge < -0.3 is 14.1 Å². The highest BCUT2D eigenvalue weighted by atomic mass is 16.5. The molecule has 5 heteroatoms. The highest BCUT2D eigenvalue weighted by Crippen LogP contribution is 2.29. The summed E-state index contributed by atoms with van der Waals surface area (Å²) in [5.74, 6) is 2.32. The van der Waals surface area contributed by atoms with Gasteiger partial charge in [0.2, 0.25) is 5.91 Å². The van der Waals surface area contributed by atoms with Crippen molar-refractivity contribution in [2.24, 2.45) is 0 Å². The van der Waals surface area contributed by atoms with Gasteiger partial charge in [-0.15, -0.1) is 0 Å². The van der Waals surface area contributed by atoms with Crippen molar-refractivity contribution in [2.45, 2.75) is 38.3 Å². The van der Waals surface area contributed by atoms with E-state index in [4.69, 9.17) is 9.15 Å². The maximum Gasteiger partial charge on any atom is 0.223 e. The summed E-state index contributed by atoms with van der Waals surface area (Å²) in [6.45, 7) is 0.633. The molecule has 0 N–H and O–H groups in total. The molecule has 144 valence electrons. The predicted octanol–water partition coefficient (Wildman–Crippen LogP) is 4.47. The zero-order chi connectivity index (χ0) is 19.3. The van der Waals surface area contributed by atoms with E-state index in [1.807, 2.05) is 59.5 Å². The number of aryl methyl sites for hydroxylation is 1. The summed E-state index contributed by atoms with van der Waals surface area (Å²) in [6.07, 6.45) is 4.81. The van der Waals surface area contributed by atoms with Crippen LogP contribution in [0, 0.1) is 0 Å². The van der Waals surface area contributed by atoms with Crippen molar-refractivity contribution in [1.29, 1.82) is 0 Å². The van der Waals surface area contributed by atoms with E-state index in [0.717, 1.165) is 35.5 Å². The SMILES string of the molecule is COc1ccc(CN(C(=O)CCc2ncc(-c3ccccc3)o2)C2CC2)cc1. The quantitative estimate of drug-likeness (QED) is 0.582. The number of benzene rings is 2. The number of carbonyl (C=O) groups is 1. The number of hydrogen-bond acceptors (Lipinski definition) is 4. The molecular formula is C23H24N2O3. The molecular weight excluding hydrogens is 352 g/mol. The first-order valence-electron chi connectivity index (χ1n) is 9.65. The minimum Gasteiger partial charge on any atom is -0.497 e. The highest BCUT2D eigenvalue weighted by molar-refractivity contribution is 5.77. The molecule has 0 bridgehead atoms. The molecule has 5 nitrogen and oxygen atoms in total. The van der Waals surface area contributed by atoms with E-state index < -0.39 is 0 Å². The fourth-order valence-corrected chi connectivity index (χ4v) is 3.25. The molecule has 1 heterocycles. The Balaban J connectivity index is 1.36. The van der Waals surface area contributed by atoms with Crippen LogP contribution in [0.15, 0.2) is 65.2 Å². The Labute approximate surface area is 165 Å². The molecule has 2 aromatic carbocycles. The first-order valence-corrected chi connectivity index (χ1v) is 9.65. The third-order valence-corrected chi connectivity index (χ3v) is 4.98. The summed E-state index contributed by atoms with van der Waals surface area (Å²) in [6, 6.07) is 18.1. The topological polar surface area (TPSA) is 55.6 Å². The zero-order valence-electron chi connectivity index (χ0n) is 16.0. The van der Waals surface area contributed by atoms with Gasteiger partial charge in [-0.05, 0) is 30.5 Å². The van der Waals surface area contributed by atoms with Crippen molar-refractivity contribution >= 4 is 5.91 Å². The number of ether oxygens (including phenoxy) is 1. The van der Waals surface area contributed by atoms with Gasteiger partial charge in [0, 0.05) is 31.0 Å². The van der Waals surface area contributed by atoms with Gasteiger partial charge in [-0.1, -0.05) is 42.5 Å². The molecule has 1 aliphatic rings. The summed E-state index contributed by atoms with van der Waals surface area (Å²) >= 11 is 0. The Kier molecular flexibility index (Phi) is 5.42. The number of aromatic nitrogens is 1. The molecule has 0 spiro atoms. The van der Waals surface area contributed by atoms with Gasteiger partial charge in [-0.2, -0.15) is 0 Å². The third kappa shape index (κ3) is 4.42. The molecule has 1 aliphatic carbocycles. The lowest BCUT2D eigenvalue weighted by Crippen LogP contribution is -2.32. The van der Waals surface area contributed by atoms with E-state index in [1.54, 1.807) is 13.3 Å². The molecule has 4 rings (SSSR count). The van der Waals surface area contributed by atoms with Crippen LogP contribution in [-0.4, -0.2) is 28.9 Å². The average Bonchev–Trinajstić information content (AvgIpc) is 3.48. The van der Waals surface area contributed by atoms with E-state index in [-0.39, 0.29) is 5.91 Å². The van der Waals surface area contributed by atoms with Gasteiger partial charge in [0.25, 0.3) is 0 Å². The molecule has 0 aliphatic heterocycles. The molecule has 0 radical (unpaired) electrons. The Morgan fingerprint density at radius 3 is 2.57 bits per heavy atom. The summed E-state index contributed by atoms with van der Waals surface area (Å²) in [4.78, 5) is 19.2. The van der Waals surface area contributed by atoms with E-state index in [0.29, 0.717) is 31.3 Å². The van der Waals surface area contributed by atoms with Gasteiger partial charge in [0.15, 0.2) is 11.7 Å². The fraction of sp³-hybridized carbons (Fsp3) is 0.304. The number of rotatable bonds is 8. The summed E-state index contributed by atoms with van der Waals surface area (Å²) < 4.78 is 11.0. The second-order valence-electron chi connectivity index (χ2n) is 7.09. The van der Waals surface area contributed by atoms with Gasteiger partial charge in [-0.3, -0.25) is 4.79 Å². The second-order valence-corrected chi connectivity index (χ2v) is 7.09. The number of amides is 1. The standard InChI is InChI=1S/C23H24N2O3/c1-27-20-11-7-17(8-12-20)16-25(19-9-10-19)23(26)14-13-22-24-15-21(28-22)18-5-3-2-4-6-18/h2-8,11-12,15,19H,9-10,13-14,16H2,1H3. The van der Waals surface area contributed by atoms with Crippen LogP contribution in [0.5, 0.6) is 5.75 Å². The molecule has 1 fully saturated rings. The van der Waals surface area contributed by atoms with Crippen LogP contribution in [0.2, 0.25) is 0 Å². The minimum atomic E-state index is 0.151. The molecule has 1 saturated carbocycles. The second kappa shape index (κ2) is 8.30. The van der Waals surface area contributed by atoms with E-state index in [9.17, 15) is 4.79 Å². The summed E-state index contributed by atoms with van der Waals surface area (Å²) in [5.41, 5.74) is 2.11. The largest absolute Gasteiger partial charge is 0.497 e. The summed E-state index contributed by atoms with van der Waals surface area (Å²) in [7, 11) is 1.65. The third-order valence-electron chi connectivity index (χ3n) is 4.98. The zero-order valence-corrected chi connectivity index (χ0v) is 16.0. The van der Waals surface area contributed by atoms with Gasteiger partial charge >= 0.3 is 0 Å². The number of methoxy groups -OCH3 is 1. The molecule has 3 aromatic rings. The molecule has 1 amide bonds. The van der Waals surface area contributed by atoms with E-state index in [2.05, 4.69) is 4.98 Å². The van der Waals surface area contributed by atoms with Gasteiger partial charge in [0.05, 0.1) is 13.3 Å². The van der Waals surface area contributed by atoms with Crippen molar-refractivity contribution in [1.82, 2.24) is 9.88 Å². The first-order chi connectivity index (χ1) is 13.7. The maximum absolute atomic E-state index is 12.8. The first kappa shape index (κ1) is 18.3. The number of nitrogens with zero attached hydrogens (tertiary/aromatic N) is 2. The van der Waals surface area contributed by atoms with Gasteiger partial charge in [0.1, 0.15) is 5.75 Å². The van der Waals surface area contributed by atoms with Crippen molar-refractivity contribution in [3.05, 3.63) is 72.2 Å². The molecule has 28 heavy (non-hydrogen) atoms. The van der Waals surface area contributed by atoms with Crippen LogP contribution < -0.4 is 4.74 Å². The normalized spacial score (nSPS) is 13.3. The lowest BCUT2D eigenvalue weighted by Gasteiger charge is -2.22. The molecule has 0 unspecified atom stereocenters. The number of hydrogen-bond donors (Lipinski definition) is 0. The van der Waals surface area contributed by atoms with Crippen LogP contribution in [0.4, 0.5) is 0 Å².